The van der Waals surface area contributed by atoms with E-state index in [0.717, 1.165) is 31.2 Å². The Hall–Kier alpha value is -1.51. The second-order valence-electron chi connectivity index (χ2n) is 5.39. The first-order valence-electron chi connectivity index (χ1n) is 6.98. The summed E-state index contributed by atoms with van der Waals surface area (Å²) < 4.78 is 0. The molecule has 0 bridgehead atoms. The average Bonchev–Trinajstić information content (AvgIpc) is 2.62. The van der Waals surface area contributed by atoms with Gasteiger partial charge in [-0.15, -0.1) is 0 Å². The summed E-state index contributed by atoms with van der Waals surface area (Å²) >= 11 is 5.95. The van der Waals surface area contributed by atoms with Crippen molar-refractivity contribution in [3.8, 4) is 0 Å². The Morgan fingerprint density at radius 1 is 1.00 bits per heavy atom. The zero-order valence-corrected chi connectivity index (χ0v) is 12.5. The minimum Gasteiger partial charge on any atom is -0.373 e. The molecule has 0 fully saturated rings. The van der Waals surface area contributed by atoms with Crippen molar-refractivity contribution in [2.75, 3.05) is 25.0 Å². The summed E-state index contributed by atoms with van der Waals surface area (Å²) in [6.45, 7) is 4.11. The first kappa shape index (κ1) is 13.5. The Morgan fingerprint density at radius 2 is 1.75 bits per heavy atom. The number of likely N-dealkylation sites (N-methyl/N-ethyl adjacent to an activating group) is 1. The molecule has 0 N–H and O–H groups in total. The monoisotopic (exact) mass is 286 g/mol. The van der Waals surface area contributed by atoms with E-state index in [1.165, 1.54) is 16.8 Å². The Kier molecular flexibility index (Phi) is 3.95. The molecule has 0 saturated heterocycles. The molecule has 1 heterocycles. The van der Waals surface area contributed by atoms with Crippen LogP contribution in [0.4, 0.5) is 5.69 Å². The standard InChI is InChI=1S/C17H19ClN2/c1-19-10-11-20(12-14-6-8-16(18)9-7-14)13-15-4-2-3-5-17(15)19/h2-9H,10-13H2,1H3. The lowest BCUT2D eigenvalue weighted by Gasteiger charge is -2.20. The van der Waals surface area contributed by atoms with Crippen LogP contribution in [0.15, 0.2) is 48.5 Å². The van der Waals surface area contributed by atoms with E-state index in [2.05, 4.69) is 53.2 Å². The molecule has 0 aromatic heterocycles. The first-order valence-corrected chi connectivity index (χ1v) is 7.36. The van der Waals surface area contributed by atoms with Crippen LogP contribution in [0.2, 0.25) is 5.02 Å². The van der Waals surface area contributed by atoms with Gasteiger partial charge in [0.25, 0.3) is 0 Å². The Labute approximate surface area is 125 Å². The quantitative estimate of drug-likeness (QED) is 0.829. The van der Waals surface area contributed by atoms with Crippen LogP contribution < -0.4 is 4.90 Å². The highest BCUT2D eigenvalue weighted by Gasteiger charge is 2.16. The number of para-hydroxylation sites is 1. The number of hydrogen-bond acceptors (Lipinski definition) is 2. The van der Waals surface area contributed by atoms with Gasteiger partial charge in [-0.05, 0) is 29.3 Å². The van der Waals surface area contributed by atoms with Crippen molar-refractivity contribution >= 4 is 17.3 Å². The van der Waals surface area contributed by atoms with Gasteiger partial charge in [0.05, 0.1) is 0 Å². The van der Waals surface area contributed by atoms with E-state index in [-0.39, 0.29) is 0 Å². The van der Waals surface area contributed by atoms with Gasteiger partial charge in [-0.25, -0.2) is 0 Å². The highest BCUT2D eigenvalue weighted by molar-refractivity contribution is 6.30. The molecule has 1 aliphatic heterocycles. The average molecular weight is 287 g/mol. The van der Waals surface area contributed by atoms with Gasteiger partial charge < -0.3 is 4.90 Å². The second kappa shape index (κ2) is 5.86. The molecule has 0 amide bonds. The summed E-state index contributed by atoms with van der Waals surface area (Å²) in [5.41, 5.74) is 4.07. The first-order chi connectivity index (χ1) is 9.72. The summed E-state index contributed by atoms with van der Waals surface area (Å²) in [7, 11) is 2.17. The maximum absolute atomic E-state index is 5.95. The topological polar surface area (TPSA) is 6.48 Å². The Balaban J connectivity index is 1.78. The summed E-state index contributed by atoms with van der Waals surface area (Å²) in [6.07, 6.45) is 0. The predicted molar refractivity (Wildman–Crippen MR) is 85.3 cm³/mol. The molecule has 3 heteroatoms. The van der Waals surface area contributed by atoms with Crippen molar-refractivity contribution in [1.82, 2.24) is 4.90 Å². The molecule has 0 radical (unpaired) electrons. The van der Waals surface area contributed by atoms with Gasteiger partial charge in [-0.2, -0.15) is 0 Å². The molecule has 2 aromatic carbocycles. The number of rotatable bonds is 2. The van der Waals surface area contributed by atoms with Crippen LogP contribution in [0.5, 0.6) is 0 Å². The number of benzene rings is 2. The van der Waals surface area contributed by atoms with Gasteiger partial charge >= 0.3 is 0 Å². The van der Waals surface area contributed by atoms with Crippen LogP contribution in [0.25, 0.3) is 0 Å². The molecule has 2 aromatic rings. The molecular formula is C17H19ClN2. The maximum Gasteiger partial charge on any atom is 0.0409 e. The van der Waals surface area contributed by atoms with Crippen LogP contribution in [-0.2, 0) is 13.1 Å². The maximum atomic E-state index is 5.95. The van der Waals surface area contributed by atoms with E-state index < -0.39 is 0 Å². The van der Waals surface area contributed by atoms with Gasteiger partial charge in [0, 0.05) is 43.9 Å². The molecule has 0 saturated carbocycles. The molecule has 3 rings (SSSR count). The third-order valence-electron chi connectivity index (χ3n) is 3.87. The zero-order valence-electron chi connectivity index (χ0n) is 11.7. The number of nitrogens with zero attached hydrogens (tertiary/aromatic N) is 2. The lowest BCUT2D eigenvalue weighted by molar-refractivity contribution is 0.269. The lowest BCUT2D eigenvalue weighted by Crippen LogP contribution is -2.28. The van der Waals surface area contributed by atoms with Crippen LogP contribution in [0.3, 0.4) is 0 Å². The van der Waals surface area contributed by atoms with Crippen LogP contribution in [0.1, 0.15) is 11.1 Å². The van der Waals surface area contributed by atoms with Crippen molar-refractivity contribution in [3.05, 3.63) is 64.7 Å². The van der Waals surface area contributed by atoms with Gasteiger partial charge in [0.2, 0.25) is 0 Å². The van der Waals surface area contributed by atoms with Crippen molar-refractivity contribution in [2.24, 2.45) is 0 Å². The van der Waals surface area contributed by atoms with Crippen molar-refractivity contribution in [2.45, 2.75) is 13.1 Å². The molecule has 0 aliphatic carbocycles. The van der Waals surface area contributed by atoms with Gasteiger partial charge in [0.1, 0.15) is 0 Å². The predicted octanol–water partition coefficient (Wildman–Crippen LogP) is 3.79. The summed E-state index contributed by atoms with van der Waals surface area (Å²) in [5, 5.41) is 0.801. The van der Waals surface area contributed by atoms with E-state index in [9.17, 15) is 0 Å². The zero-order chi connectivity index (χ0) is 13.9. The molecule has 0 atom stereocenters. The minimum absolute atomic E-state index is 0.801. The van der Waals surface area contributed by atoms with Gasteiger partial charge in [-0.3, -0.25) is 4.90 Å². The fraction of sp³-hybridized carbons (Fsp3) is 0.294. The number of halogens is 1. The van der Waals surface area contributed by atoms with Crippen LogP contribution in [-0.4, -0.2) is 25.0 Å². The van der Waals surface area contributed by atoms with Gasteiger partial charge in [-0.1, -0.05) is 41.9 Å². The normalized spacial score (nSPS) is 15.8. The summed E-state index contributed by atoms with van der Waals surface area (Å²) in [5.74, 6) is 0. The Morgan fingerprint density at radius 3 is 2.55 bits per heavy atom. The van der Waals surface area contributed by atoms with E-state index in [0.29, 0.717) is 0 Å². The SMILES string of the molecule is CN1CCN(Cc2ccc(Cl)cc2)Cc2ccccc21. The van der Waals surface area contributed by atoms with E-state index >= 15 is 0 Å². The van der Waals surface area contributed by atoms with Gasteiger partial charge in [0.15, 0.2) is 0 Å². The lowest BCUT2D eigenvalue weighted by atomic mass is 10.1. The smallest absolute Gasteiger partial charge is 0.0409 e. The highest BCUT2D eigenvalue weighted by Crippen LogP contribution is 2.24. The van der Waals surface area contributed by atoms with E-state index in [1.807, 2.05) is 12.1 Å². The van der Waals surface area contributed by atoms with Crippen molar-refractivity contribution in [3.63, 3.8) is 0 Å². The third kappa shape index (κ3) is 2.97. The number of anilines is 1. The fourth-order valence-electron chi connectivity index (χ4n) is 2.73. The van der Waals surface area contributed by atoms with Crippen molar-refractivity contribution < 1.29 is 0 Å². The molecule has 1 aliphatic rings. The number of hydrogen-bond donors (Lipinski definition) is 0. The largest absolute Gasteiger partial charge is 0.373 e. The third-order valence-corrected chi connectivity index (χ3v) is 4.12. The molecule has 104 valence electrons. The fourth-order valence-corrected chi connectivity index (χ4v) is 2.86. The highest BCUT2D eigenvalue weighted by atomic mass is 35.5. The van der Waals surface area contributed by atoms with E-state index in [4.69, 9.17) is 11.6 Å². The molecular weight excluding hydrogens is 268 g/mol. The van der Waals surface area contributed by atoms with Crippen LogP contribution >= 0.6 is 11.6 Å². The van der Waals surface area contributed by atoms with Crippen LogP contribution in [0, 0.1) is 0 Å². The summed E-state index contributed by atoms with van der Waals surface area (Å²) in [6, 6.07) is 16.8. The summed E-state index contributed by atoms with van der Waals surface area (Å²) in [4.78, 5) is 4.84. The molecule has 0 unspecified atom stereocenters. The minimum atomic E-state index is 0.801. The Bertz CT molecular complexity index is 580. The second-order valence-corrected chi connectivity index (χ2v) is 5.82. The molecule has 0 spiro atoms. The number of fused-ring (bicyclic) bond motifs is 1. The van der Waals surface area contributed by atoms with E-state index in [1.54, 1.807) is 0 Å². The van der Waals surface area contributed by atoms with Crippen molar-refractivity contribution in [1.29, 1.82) is 0 Å². The molecule has 2 nitrogen and oxygen atoms in total. The molecule has 20 heavy (non-hydrogen) atoms.